The normalized spacial score (nSPS) is 51.3. The Morgan fingerprint density at radius 1 is 0.969 bits per heavy atom. The third-order valence-electron chi connectivity index (χ3n) is 11.0. The number of Topliss-reactive ketones (excluding diaryl/α,β-unsaturated/α-hetero) is 1. The van der Waals surface area contributed by atoms with Gasteiger partial charge in [0.1, 0.15) is 5.78 Å². The van der Waals surface area contributed by atoms with Gasteiger partial charge in [-0.1, -0.05) is 20.8 Å². The number of aliphatic hydroxyl groups excluding tert-OH is 3. The van der Waals surface area contributed by atoms with E-state index < -0.39 is 24.3 Å². The van der Waals surface area contributed by atoms with Crippen molar-refractivity contribution < 1.29 is 30.0 Å². The van der Waals surface area contributed by atoms with Crippen LogP contribution in [-0.2, 0) is 9.59 Å². The van der Waals surface area contributed by atoms with Crippen LogP contribution >= 0.6 is 0 Å². The van der Waals surface area contributed by atoms with Crippen molar-refractivity contribution in [1.82, 2.24) is 0 Å². The Bertz CT molecular complexity index is 753. The summed E-state index contributed by atoms with van der Waals surface area (Å²) in [6.07, 6.45) is 3.39. The van der Waals surface area contributed by atoms with Gasteiger partial charge in [0.15, 0.2) is 0 Å². The van der Waals surface area contributed by atoms with Crippen molar-refractivity contribution in [3.63, 3.8) is 0 Å². The zero-order valence-electron chi connectivity index (χ0n) is 20.0. The number of carbonyl (C=O) groups excluding carboxylic acids is 1. The van der Waals surface area contributed by atoms with Crippen molar-refractivity contribution in [3.8, 4) is 0 Å². The molecule has 4 N–H and O–H groups in total. The fraction of sp³-hybridized carbons (Fsp3) is 0.923. The van der Waals surface area contributed by atoms with Crippen LogP contribution in [-0.4, -0.2) is 50.5 Å². The third-order valence-corrected chi connectivity index (χ3v) is 11.0. The second-order valence-electron chi connectivity index (χ2n) is 12.2. The van der Waals surface area contributed by atoms with Crippen LogP contribution in [0.15, 0.2) is 0 Å². The molecule has 1 unspecified atom stereocenters. The van der Waals surface area contributed by atoms with Crippen LogP contribution in [0.4, 0.5) is 0 Å². The van der Waals surface area contributed by atoms with Gasteiger partial charge in [0, 0.05) is 12.3 Å². The number of rotatable bonds is 5. The molecule has 4 aliphatic carbocycles. The molecule has 0 aromatic heterocycles. The summed E-state index contributed by atoms with van der Waals surface area (Å²) in [4.78, 5) is 23.8. The van der Waals surface area contributed by atoms with E-state index >= 15 is 0 Å². The zero-order valence-corrected chi connectivity index (χ0v) is 20.0. The Kier molecular flexibility index (Phi) is 6.30. The molecule has 0 aromatic carbocycles. The second kappa shape index (κ2) is 8.35. The minimum absolute atomic E-state index is 0.0402. The van der Waals surface area contributed by atoms with E-state index in [0.29, 0.717) is 32.1 Å². The molecular formula is C26H42O6. The van der Waals surface area contributed by atoms with E-state index in [1.165, 1.54) is 0 Å². The monoisotopic (exact) mass is 450 g/mol. The molecule has 0 bridgehead atoms. The maximum Gasteiger partial charge on any atom is 0.303 e. The number of carboxylic acids is 1. The van der Waals surface area contributed by atoms with Crippen molar-refractivity contribution in [3.05, 3.63) is 0 Å². The highest BCUT2D eigenvalue weighted by Crippen LogP contribution is 2.69. The first kappa shape index (κ1) is 24.2. The van der Waals surface area contributed by atoms with Crippen LogP contribution in [0.1, 0.15) is 79.1 Å². The van der Waals surface area contributed by atoms with Crippen molar-refractivity contribution >= 4 is 11.8 Å². The van der Waals surface area contributed by atoms with Crippen molar-refractivity contribution in [1.29, 1.82) is 0 Å². The maximum absolute atomic E-state index is 12.7. The molecule has 0 radical (unpaired) electrons. The molecule has 4 rings (SSSR count). The lowest BCUT2D eigenvalue weighted by Crippen LogP contribution is -2.65. The quantitative estimate of drug-likeness (QED) is 0.511. The summed E-state index contributed by atoms with van der Waals surface area (Å²) in [7, 11) is 0. The summed E-state index contributed by atoms with van der Waals surface area (Å²) in [6.45, 7) is 8.10. The largest absolute Gasteiger partial charge is 0.481 e. The minimum Gasteiger partial charge on any atom is -0.481 e. The highest BCUT2D eigenvalue weighted by atomic mass is 16.4. The first-order chi connectivity index (χ1) is 14.9. The van der Waals surface area contributed by atoms with Crippen molar-refractivity contribution in [2.45, 2.75) is 97.4 Å². The molecular weight excluding hydrogens is 408 g/mol. The van der Waals surface area contributed by atoms with Crippen molar-refractivity contribution in [2.75, 3.05) is 0 Å². The van der Waals surface area contributed by atoms with Crippen LogP contribution < -0.4 is 0 Å². The smallest absolute Gasteiger partial charge is 0.303 e. The Hall–Kier alpha value is -0.980. The number of hydrogen-bond acceptors (Lipinski definition) is 5. The number of carbonyl (C=O) groups is 2. The van der Waals surface area contributed by atoms with Crippen LogP contribution in [0, 0.1) is 52.3 Å². The number of aliphatic hydroxyl groups is 3. The summed E-state index contributed by atoms with van der Waals surface area (Å²) in [5.74, 6) is -0.126. The molecule has 4 saturated carbocycles. The van der Waals surface area contributed by atoms with Gasteiger partial charge in [0.05, 0.1) is 18.3 Å². The second-order valence-corrected chi connectivity index (χ2v) is 12.2. The predicted molar refractivity (Wildman–Crippen MR) is 120 cm³/mol. The Labute approximate surface area is 191 Å². The molecule has 0 spiro atoms. The fourth-order valence-corrected chi connectivity index (χ4v) is 9.40. The molecule has 182 valence electrons. The van der Waals surface area contributed by atoms with Gasteiger partial charge in [0.25, 0.3) is 0 Å². The molecule has 6 nitrogen and oxygen atoms in total. The predicted octanol–water partition coefficient (Wildman–Crippen LogP) is 3.26. The number of hydrogen-bond donors (Lipinski definition) is 4. The highest BCUT2D eigenvalue weighted by molar-refractivity contribution is 5.79. The van der Waals surface area contributed by atoms with Gasteiger partial charge in [-0.2, -0.15) is 0 Å². The summed E-state index contributed by atoms with van der Waals surface area (Å²) >= 11 is 0. The first-order valence-electron chi connectivity index (χ1n) is 12.7. The van der Waals surface area contributed by atoms with Crippen LogP contribution in [0.2, 0.25) is 0 Å². The summed E-state index contributed by atoms with van der Waals surface area (Å²) < 4.78 is 0. The van der Waals surface area contributed by atoms with E-state index in [1.807, 2.05) is 0 Å². The lowest BCUT2D eigenvalue weighted by molar-refractivity contribution is -0.221. The summed E-state index contributed by atoms with van der Waals surface area (Å²) in [5, 5.41) is 42.6. The van der Waals surface area contributed by atoms with Crippen LogP contribution in [0.25, 0.3) is 0 Å². The van der Waals surface area contributed by atoms with Gasteiger partial charge in [-0.25, -0.2) is 0 Å². The van der Waals surface area contributed by atoms with Gasteiger partial charge in [0.2, 0.25) is 0 Å². The average molecular weight is 451 g/mol. The molecule has 12 atom stereocenters. The Balaban J connectivity index is 1.67. The highest BCUT2D eigenvalue weighted by Gasteiger charge is 2.67. The standard InChI is InChI=1S/C26H42O6/c1-13(5-8-23(31)32)17-6-7-18-24-20(12-22(30)26(17,18)4)25(3)15(10-21(24)29)9-16(28)11-19(25)14(2)27/h13,15-22,24,28-30H,5-12H2,1-4H3,(H,31,32)/t13-,15+,16+,17-,18+,19?,20+,21-,22+,24+,25-,26-/m1/s1. The average Bonchev–Trinajstić information content (AvgIpc) is 3.06. The van der Waals surface area contributed by atoms with E-state index in [-0.39, 0.29) is 64.5 Å². The van der Waals surface area contributed by atoms with Gasteiger partial charge >= 0.3 is 5.97 Å². The van der Waals surface area contributed by atoms with E-state index in [4.69, 9.17) is 5.11 Å². The maximum atomic E-state index is 12.7. The molecule has 4 fully saturated rings. The molecule has 32 heavy (non-hydrogen) atoms. The summed E-state index contributed by atoms with van der Waals surface area (Å²) in [6, 6.07) is 0. The number of aliphatic carboxylic acids is 1. The van der Waals surface area contributed by atoms with Crippen LogP contribution in [0.5, 0.6) is 0 Å². The zero-order chi connectivity index (χ0) is 23.6. The Morgan fingerprint density at radius 3 is 2.28 bits per heavy atom. The van der Waals surface area contributed by atoms with Crippen LogP contribution in [0.3, 0.4) is 0 Å². The number of ketones is 1. The lowest BCUT2D eigenvalue weighted by Gasteiger charge is -2.65. The SMILES string of the molecule is CC(=O)C1C[C@@H](O)C[C@H]2C[C@@H](O)[C@@H]3[C@H](C[C@H](O)[C@]4(C)[C@@H]([C@H](C)CCC(=O)O)CC[C@@H]34)[C@@]12C. The van der Waals surface area contributed by atoms with Gasteiger partial charge < -0.3 is 20.4 Å². The van der Waals surface area contributed by atoms with E-state index in [1.54, 1.807) is 6.92 Å². The molecule has 0 aromatic rings. The van der Waals surface area contributed by atoms with E-state index in [9.17, 15) is 24.9 Å². The molecule has 0 saturated heterocycles. The Morgan fingerprint density at radius 2 is 1.66 bits per heavy atom. The topological polar surface area (TPSA) is 115 Å². The lowest BCUT2D eigenvalue weighted by atomic mass is 9.40. The molecule has 4 aliphatic rings. The minimum atomic E-state index is -0.780. The fourth-order valence-electron chi connectivity index (χ4n) is 9.40. The van der Waals surface area contributed by atoms with E-state index in [0.717, 1.165) is 12.8 Å². The molecule has 0 heterocycles. The van der Waals surface area contributed by atoms with Gasteiger partial charge in [-0.15, -0.1) is 0 Å². The van der Waals surface area contributed by atoms with Gasteiger partial charge in [-0.3, -0.25) is 9.59 Å². The van der Waals surface area contributed by atoms with Crippen molar-refractivity contribution in [2.24, 2.45) is 52.3 Å². The third kappa shape index (κ3) is 3.47. The molecule has 0 aliphatic heterocycles. The molecule has 6 heteroatoms. The summed E-state index contributed by atoms with van der Waals surface area (Å²) in [5.41, 5.74) is -0.659. The first-order valence-corrected chi connectivity index (χ1v) is 12.7. The number of fused-ring (bicyclic) bond motifs is 5. The van der Waals surface area contributed by atoms with Gasteiger partial charge in [-0.05, 0) is 98.2 Å². The molecule has 0 amide bonds. The van der Waals surface area contributed by atoms with E-state index in [2.05, 4.69) is 20.8 Å². The number of carboxylic acid groups (broad SMARTS) is 1.